The third kappa shape index (κ3) is 2.62. The van der Waals surface area contributed by atoms with Gasteiger partial charge < -0.3 is 15.5 Å². The topological polar surface area (TPSA) is 64.1 Å². The molecule has 5 heteroatoms. The molecule has 0 aliphatic heterocycles. The first-order chi connectivity index (χ1) is 7.65. The van der Waals surface area contributed by atoms with Crippen molar-refractivity contribution in [2.24, 2.45) is 5.73 Å². The Kier molecular flexibility index (Phi) is 3.26. The Labute approximate surface area is 102 Å². The van der Waals surface area contributed by atoms with Crippen molar-refractivity contribution in [2.75, 3.05) is 5.32 Å². The molecule has 16 heavy (non-hydrogen) atoms. The molecule has 0 aliphatic carbocycles. The van der Waals surface area contributed by atoms with Gasteiger partial charge in [0.1, 0.15) is 6.26 Å². The molecule has 1 aromatic carbocycles. The number of nitrogens with two attached hydrogens (primary N) is 1. The molecule has 1 heterocycles. The Morgan fingerprint density at radius 3 is 2.62 bits per heavy atom. The monoisotopic (exact) mass is 281 g/mol. The van der Waals surface area contributed by atoms with Crippen LogP contribution in [0.3, 0.4) is 0 Å². The number of rotatable bonds is 3. The molecule has 0 amide bonds. The second-order valence-electron chi connectivity index (χ2n) is 3.50. The van der Waals surface area contributed by atoms with E-state index in [9.17, 15) is 0 Å². The summed E-state index contributed by atoms with van der Waals surface area (Å²) < 4.78 is 6.28. The standard InChI is InChI=1S/C11H12BrN3O/c1-7(13)10-6-16-11(15-10)14-9-4-2-8(12)3-5-9/h2-7H,13H2,1H3,(H,14,15). The maximum Gasteiger partial charge on any atom is 0.299 e. The van der Waals surface area contributed by atoms with Crippen LogP contribution in [-0.4, -0.2) is 4.98 Å². The van der Waals surface area contributed by atoms with Crippen LogP contribution in [0, 0.1) is 0 Å². The van der Waals surface area contributed by atoms with Gasteiger partial charge >= 0.3 is 0 Å². The van der Waals surface area contributed by atoms with E-state index in [1.165, 1.54) is 0 Å². The van der Waals surface area contributed by atoms with Crippen molar-refractivity contribution in [3.8, 4) is 0 Å². The highest BCUT2D eigenvalue weighted by Gasteiger charge is 2.07. The summed E-state index contributed by atoms with van der Waals surface area (Å²) in [7, 11) is 0. The second-order valence-corrected chi connectivity index (χ2v) is 4.41. The molecule has 84 valence electrons. The Morgan fingerprint density at radius 1 is 1.38 bits per heavy atom. The van der Waals surface area contributed by atoms with Gasteiger partial charge in [-0.15, -0.1) is 0 Å². The summed E-state index contributed by atoms with van der Waals surface area (Å²) in [6, 6.07) is 8.08. The molecule has 4 nitrogen and oxygen atoms in total. The summed E-state index contributed by atoms with van der Waals surface area (Å²) in [5, 5.41) is 3.05. The van der Waals surface area contributed by atoms with Gasteiger partial charge in [0.25, 0.3) is 6.01 Å². The van der Waals surface area contributed by atoms with Gasteiger partial charge in [0, 0.05) is 16.2 Å². The molecule has 0 bridgehead atoms. The van der Waals surface area contributed by atoms with Gasteiger partial charge in [0.15, 0.2) is 0 Å². The Bertz CT molecular complexity index is 464. The molecule has 0 saturated heterocycles. The highest BCUT2D eigenvalue weighted by molar-refractivity contribution is 9.10. The van der Waals surface area contributed by atoms with Crippen molar-refractivity contribution >= 4 is 27.6 Å². The third-order valence-corrected chi connectivity index (χ3v) is 2.61. The average molecular weight is 282 g/mol. The van der Waals surface area contributed by atoms with E-state index in [1.807, 2.05) is 31.2 Å². The largest absolute Gasteiger partial charge is 0.432 e. The highest BCUT2D eigenvalue weighted by atomic mass is 79.9. The molecule has 0 spiro atoms. The molecule has 2 aromatic rings. The van der Waals surface area contributed by atoms with Crippen LogP contribution in [0.4, 0.5) is 11.7 Å². The first kappa shape index (κ1) is 11.2. The van der Waals surface area contributed by atoms with E-state index < -0.39 is 0 Å². The summed E-state index contributed by atoms with van der Waals surface area (Å²) in [5.74, 6) is 0. The number of nitrogens with zero attached hydrogens (tertiary/aromatic N) is 1. The highest BCUT2D eigenvalue weighted by Crippen LogP contribution is 2.20. The van der Waals surface area contributed by atoms with Crippen LogP contribution < -0.4 is 11.1 Å². The zero-order valence-electron chi connectivity index (χ0n) is 8.77. The number of aromatic nitrogens is 1. The Balaban J connectivity index is 2.11. The summed E-state index contributed by atoms with van der Waals surface area (Å²) in [6.45, 7) is 1.86. The molecule has 0 radical (unpaired) electrons. The lowest BCUT2D eigenvalue weighted by Crippen LogP contribution is -2.05. The molecule has 1 unspecified atom stereocenters. The number of hydrogen-bond donors (Lipinski definition) is 2. The van der Waals surface area contributed by atoms with Crippen LogP contribution in [0.1, 0.15) is 18.7 Å². The molecular weight excluding hydrogens is 270 g/mol. The van der Waals surface area contributed by atoms with Crippen molar-refractivity contribution in [3.05, 3.63) is 40.7 Å². The van der Waals surface area contributed by atoms with E-state index in [0.717, 1.165) is 15.9 Å². The maximum atomic E-state index is 5.68. The summed E-state index contributed by atoms with van der Waals surface area (Å²) >= 11 is 3.37. The molecule has 2 rings (SSSR count). The van der Waals surface area contributed by atoms with Crippen molar-refractivity contribution in [1.82, 2.24) is 4.98 Å². The summed E-state index contributed by atoms with van der Waals surface area (Å²) in [6.07, 6.45) is 1.56. The van der Waals surface area contributed by atoms with Gasteiger partial charge in [0.05, 0.1) is 5.69 Å². The van der Waals surface area contributed by atoms with E-state index in [-0.39, 0.29) is 6.04 Å². The first-order valence-corrected chi connectivity index (χ1v) is 5.68. The van der Waals surface area contributed by atoms with Crippen molar-refractivity contribution in [1.29, 1.82) is 0 Å². The van der Waals surface area contributed by atoms with E-state index in [4.69, 9.17) is 10.2 Å². The van der Waals surface area contributed by atoms with E-state index in [0.29, 0.717) is 6.01 Å². The molecule has 0 fully saturated rings. The minimum absolute atomic E-state index is 0.121. The van der Waals surface area contributed by atoms with Gasteiger partial charge in [-0.1, -0.05) is 15.9 Å². The fraction of sp³-hybridized carbons (Fsp3) is 0.182. The van der Waals surface area contributed by atoms with Crippen molar-refractivity contribution in [2.45, 2.75) is 13.0 Å². The minimum atomic E-state index is -0.121. The zero-order chi connectivity index (χ0) is 11.5. The third-order valence-electron chi connectivity index (χ3n) is 2.08. The predicted molar refractivity (Wildman–Crippen MR) is 66.5 cm³/mol. The van der Waals surface area contributed by atoms with Crippen molar-refractivity contribution in [3.63, 3.8) is 0 Å². The van der Waals surface area contributed by atoms with Gasteiger partial charge in [0.2, 0.25) is 0 Å². The second kappa shape index (κ2) is 4.67. The SMILES string of the molecule is CC(N)c1coc(Nc2ccc(Br)cc2)n1. The molecule has 1 atom stereocenters. The molecule has 1 aromatic heterocycles. The lowest BCUT2D eigenvalue weighted by molar-refractivity contribution is 0.573. The van der Waals surface area contributed by atoms with E-state index >= 15 is 0 Å². The van der Waals surface area contributed by atoms with Gasteiger partial charge in [-0.25, -0.2) is 0 Å². The maximum absolute atomic E-state index is 5.68. The van der Waals surface area contributed by atoms with Crippen LogP contribution in [0.2, 0.25) is 0 Å². The van der Waals surface area contributed by atoms with E-state index in [1.54, 1.807) is 6.26 Å². The fourth-order valence-corrected chi connectivity index (χ4v) is 1.47. The van der Waals surface area contributed by atoms with Crippen LogP contribution in [0.15, 0.2) is 39.4 Å². The number of nitrogens with one attached hydrogen (secondary N) is 1. The smallest absolute Gasteiger partial charge is 0.299 e. The predicted octanol–water partition coefficient (Wildman–Crippen LogP) is 3.20. The molecule has 3 N–H and O–H groups in total. The Hall–Kier alpha value is -1.33. The zero-order valence-corrected chi connectivity index (χ0v) is 10.4. The summed E-state index contributed by atoms with van der Waals surface area (Å²) in [4.78, 5) is 4.21. The average Bonchev–Trinajstić information content (AvgIpc) is 2.70. The molecular formula is C11H12BrN3O. The normalized spacial score (nSPS) is 12.4. The van der Waals surface area contributed by atoms with Crippen molar-refractivity contribution < 1.29 is 4.42 Å². The van der Waals surface area contributed by atoms with Crippen LogP contribution in [-0.2, 0) is 0 Å². The first-order valence-electron chi connectivity index (χ1n) is 4.89. The summed E-state index contributed by atoms with van der Waals surface area (Å²) in [5.41, 5.74) is 7.34. The van der Waals surface area contributed by atoms with E-state index in [2.05, 4.69) is 26.2 Å². The number of oxazole rings is 1. The minimum Gasteiger partial charge on any atom is -0.432 e. The number of benzene rings is 1. The molecule has 0 aliphatic rings. The van der Waals surface area contributed by atoms with Gasteiger partial charge in [-0.2, -0.15) is 4.98 Å². The number of hydrogen-bond acceptors (Lipinski definition) is 4. The number of halogens is 1. The fourth-order valence-electron chi connectivity index (χ4n) is 1.21. The molecule has 0 saturated carbocycles. The van der Waals surface area contributed by atoms with Crippen LogP contribution >= 0.6 is 15.9 Å². The van der Waals surface area contributed by atoms with Crippen LogP contribution in [0.25, 0.3) is 0 Å². The lowest BCUT2D eigenvalue weighted by Gasteiger charge is -2.01. The number of anilines is 2. The van der Waals surface area contributed by atoms with Gasteiger partial charge in [-0.3, -0.25) is 0 Å². The Morgan fingerprint density at radius 2 is 2.06 bits per heavy atom. The van der Waals surface area contributed by atoms with Gasteiger partial charge in [-0.05, 0) is 31.2 Å². The lowest BCUT2D eigenvalue weighted by atomic mass is 10.3. The quantitative estimate of drug-likeness (QED) is 0.907. The van der Waals surface area contributed by atoms with Crippen LogP contribution in [0.5, 0.6) is 0 Å².